The second-order valence-corrected chi connectivity index (χ2v) is 3.60. The summed E-state index contributed by atoms with van der Waals surface area (Å²) < 4.78 is 3.53. The van der Waals surface area contributed by atoms with Crippen molar-refractivity contribution in [1.82, 2.24) is 20.1 Å². The molecular formula is C6H9N5OS. The summed E-state index contributed by atoms with van der Waals surface area (Å²) >= 11 is 1.07. The van der Waals surface area contributed by atoms with Gasteiger partial charge in [0.15, 0.2) is 0 Å². The molecule has 13 heavy (non-hydrogen) atoms. The van der Waals surface area contributed by atoms with Gasteiger partial charge < -0.3 is 5.32 Å². The quantitative estimate of drug-likeness (QED) is 0.691. The first-order valence-electron chi connectivity index (χ1n) is 4.03. The second kappa shape index (κ2) is 3.75. The SMILES string of the molecule is O=C(CNC1CC1)Nc1nnns1. The molecule has 0 bridgehead atoms. The largest absolute Gasteiger partial charge is 0.306 e. The van der Waals surface area contributed by atoms with Crippen LogP contribution in [0, 0.1) is 0 Å². The van der Waals surface area contributed by atoms with Gasteiger partial charge in [-0.05, 0) is 18.1 Å². The molecule has 1 heterocycles. The Hall–Kier alpha value is -1.08. The molecule has 0 unspecified atom stereocenters. The Balaban J connectivity index is 1.71. The van der Waals surface area contributed by atoms with Crippen molar-refractivity contribution in [3.63, 3.8) is 0 Å². The molecule has 0 saturated heterocycles. The minimum Gasteiger partial charge on any atom is -0.306 e. The van der Waals surface area contributed by atoms with E-state index in [1.54, 1.807) is 0 Å². The summed E-state index contributed by atoms with van der Waals surface area (Å²) in [7, 11) is 0. The summed E-state index contributed by atoms with van der Waals surface area (Å²) in [5, 5.41) is 13.1. The highest BCUT2D eigenvalue weighted by Crippen LogP contribution is 2.18. The van der Waals surface area contributed by atoms with Crippen LogP contribution in [0.2, 0.25) is 0 Å². The molecule has 0 atom stereocenters. The number of aromatic nitrogens is 3. The van der Waals surface area contributed by atoms with Crippen LogP contribution in [0.25, 0.3) is 0 Å². The van der Waals surface area contributed by atoms with E-state index in [9.17, 15) is 4.79 Å². The lowest BCUT2D eigenvalue weighted by atomic mass is 10.5. The average molecular weight is 199 g/mol. The highest BCUT2D eigenvalue weighted by molar-refractivity contribution is 7.09. The van der Waals surface area contributed by atoms with E-state index in [2.05, 4.69) is 25.4 Å². The summed E-state index contributed by atoms with van der Waals surface area (Å²) in [6.45, 7) is 0.338. The van der Waals surface area contributed by atoms with Gasteiger partial charge in [-0.25, -0.2) is 0 Å². The first kappa shape index (κ1) is 8.52. The van der Waals surface area contributed by atoms with Crippen molar-refractivity contribution in [3.8, 4) is 0 Å². The Morgan fingerprint density at radius 3 is 3.08 bits per heavy atom. The van der Waals surface area contributed by atoms with Crippen molar-refractivity contribution in [3.05, 3.63) is 0 Å². The van der Waals surface area contributed by atoms with Crippen LogP contribution in [0.15, 0.2) is 0 Å². The molecule has 2 rings (SSSR count). The molecule has 1 aliphatic rings. The van der Waals surface area contributed by atoms with Gasteiger partial charge >= 0.3 is 0 Å². The van der Waals surface area contributed by atoms with Gasteiger partial charge in [-0.15, -0.1) is 0 Å². The molecule has 0 aromatic carbocycles. The minimum atomic E-state index is -0.0922. The molecule has 1 aromatic heterocycles. The van der Waals surface area contributed by atoms with Gasteiger partial charge in [0.1, 0.15) is 0 Å². The zero-order valence-corrected chi connectivity index (χ0v) is 7.67. The van der Waals surface area contributed by atoms with Crippen LogP contribution in [0.1, 0.15) is 12.8 Å². The molecule has 70 valence electrons. The van der Waals surface area contributed by atoms with Crippen LogP contribution in [0.5, 0.6) is 0 Å². The van der Waals surface area contributed by atoms with E-state index in [-0.39, 0.29) is 5.91 Å². The molecule has 0 radical (unpaired) electrons. The Morgan fingerprint density at radius 2 is 2.46 bits per heavy atom. The van der Waals surface area contributed by atoms with Gasteiger partial charge in [0.05, 0.1) is 6.54 Å². The maximum absolute atomic E-state index is 11.2. The summed E-state index contributed by atoms with van der Waals surface area (Å²) in [5.74, 6) is -0.0922. The Bertz CT molecular complexity index is 283. The third-order valence-electron chi connectivity index (χ3n) is 1.67. The summed E-state index contributed by atoms with van der Waals surface area (Å²) in [4.78, 5) is 11.2. The monoisotopic (exact) mass is 199 g/mol. The topological polar surface area (TPSA) is 79.8 Å². The number of nitrogens with one attached hydrogen (secondary N) is 2. The molecule has 1 aromatic rings. The van der Waals surface area contributed by atoms with Crippen LogP contribution in [0.3, 0.4) is 0 Å². The van der Waals surface area contributed by atoms with E-state index in [0.717, 1.165) is 11.5 Å². The number of nitrogens with zero attached hydrogens (tertiary/aromatic N) is 3. The zero-order chi connectivity index (χ0) is 9.10. The van der Waals surface area contributed by atoms with Gasteiger partial charge in [0.2, 0.25) is 11.0 Å². The van der Waals surface area contributed by atoms with E-state index >= 15 is 0 Å². The van der Waals surface area contributed by atoms with E-state index in [0.29, 0.717) is 17.7 Å². The van der Waals surface area contributed by atoms with E-state index in [4.69, 9.17) is 0 Å². The fourth-order valence-electron chi connectivity index (χ4n) is 0.870. The van der Waals surface area contributed by atoms with Crippen LogP contribution in [-0.2, 0) is 4.79 Å². The lowest BCUT2D eigenvalue weighted by Crippen LogP contribution is -2.29. The van der Waals surface area contributed by atoms with Crippen LogP contribution >= 0.6 is 11.5 Å². The van der Waals surface area contributed by atoms with Gasteiger partial charge in [0, 0.05) is 17.6 Å². The number of hydrogen-bond acceptors (Lipinski definition) is 6. The molecule has 1 fully saturated rings. The van der Waals surface area contributed by atoms with Crippen LogP contribution in [-0.4, -0.2) is 33.3 Å². The summed E-state index contributed by atoms with van der Waals surface area (Å²) in [5.41, 5.74) is 0. The standard InChI is InChI=1S/C6H9N5OS/c12-5(3-7-4-1-2-4)8-6-9-10-11-13-6/h4,7H,1-3H2,(H,8,9,11,12). The number of carbonyl (C=O) groups is 1. The summed E-state index contributed by atoms with van der Waals surface area (Å²) in [6, 6.07) is 0.540. The normalized spacial score (nSPS) is 15.7. The fraction of sp³-hybridized carbons (Fsp3) is 0.667. The van der Waals surface area contributed by atoms with Crippen molar-refractivity contribution in [1.29, 1.82) is 0 Å². The molecular weight excluding hydrogens is 190 g/mol. The van der Waals surface area contributed by atoms with E-state index in [1.165, 1.54) is 12.8 Å². The van der Waals surface area contributed by atoms with Crippen molar-refractivity contribution in [2.24, 2.45) is 0 Å². The lowest BCUT2D eigenvalue weighted by molar-refractivity contribution is -0.115. The first-order chi connectivity index (χ1) is 6.34. The minimum absolute atomic E-state index is 0.0922. The maximum Gasteiger partial charge on any atom is 0.240 e. The van der Waals surface area contributed by atoms with Gasteiger partial charge in [-0.3, -0.25) is 10.1 Å². The van der Waals surface area contributed by atoms with Gasteiger partial charge in [0.25, 0.3) is 0 Å². The second-order valence-electron chi connectivity index (χ2n) is 2.87. The molecule has 1 saturated carbocycles. The maximum atomic E-state index is 11.2. The molecule has 7 heteroatoms. The highest BCUT2D eigenvalue weighted by atomic mass is 32.1. The number of anilines is 1. The predicted octanol–water partition coefficient (Wildman–Crippen LogP) is -0.376. The van der Waals surface area contributed by atoms with Gasteiger partial charge in [-0.2, -0.15) is 0 Å². The summed E-state index contributed by atoms with van der Waals surface area (Å²) in [6.07, 6.45) is 2.35. The van der Waals surface area contributed by atoms with Crippen molar-refractivity contribution in [2.75, 3.05) is 11.9 Å². The Morgan fingerprint density at radius 1 is 1.62 bits per heavy atom. The van der Waals surface area contributed by atoms with Crippen molar-refractivity contribution < 1.29 is 4.79 Å². The molecule has 2 N–H and O–H groups in total. The third kappa shape index (κ3) is 2.71. The van der Waals surface area contributed by atoms with Crippen molar-refractivity contribution >= 4 is 22.6 Å². The Kier molecular flexibility index (Phi) is 2.46. The number of carbonyl (C=O) groups excluding carboxylic acids is 1. The first-order valence-corrected chi connectivity index (χ1v) is 4.80. The van der Waals surface area contributed by atoms with Crippen LogP contribution in [0.4, 0.5) is 5.13 Å². The Labute approximate surface area is 78.9 Å². The average Bonchev–Trinajstić information content (AvgIpc) is 2.82. The number of rotatable bonds is 4. The molecule has 1 amide bonds. The van der Waals surface area contributed by atoms with E-state index in [1.807, 2.05) is 0 Å². The number of hydrogen-bond donors (Lipinski definition) is 2. The number of amides is 1. The highest BCUT2D eigenvalue weighted by Gasteiger charge is 2.21. The van der Waals surface area contributed by atoms with E-state index < -0.39 is 0 Å². The lowest BCUT2D eigenvalue weighted by Gasteiger charge is -2.00. The molecule has 0 aliphatic heterocycles. The zero-order valence-electron chi connectivity index (χ0n) is 6.86. The predicted molar refractivity (Wildman–Crippen MR) is 47.4 cm³/mol. The molecule has 1 aliphatic carbocycles. The smallest absolute Gasteiger partial charge is 0.240 e. The van der Waals surface area contributed by atoms with Gasteiger partial charge in [-0.1, -0.05) is 9.59 Å². The fourth-order valence-corrected chi connectivity index (χ4v) is 1.25. The molecule has 6 nitrogen and oxygen atoms in total. The van der Waals surface area contributed by atoms with Crippen molar-refractivity contribution in [2.45, 2.75) is 18.9 Å². The third-order valence-corrected chi connectivity index (χ3v) is 2.19. The molecule has 0 spiro atoms. The van der Waals surface area contributed by atoms with Crippen LogP contribution < -0.4 is 10.6 Å².